The van der Waals surface area contributed by atoms with E-state index in [-0.39, 0.29) is 11.8 Å². The van der Waals surface area contributed by atoms with Gasteiger partial charge in [0.25, 0.3) is 11.8 Å². The van der Waals surface area contributed by atoms with Crippen molar-refractivity contribution >= 4 is 17.5 Å². The second kappa shape index (κ2) is 11.2. The van der Waals surface area contributed by atoms with Crippen molar-refractivity contribution < 1.29 is 19.1 Å². The zero-order valence-corrected chi connectivity index (χ0v) is 17.0. The van der Waals surface area contributed by atoms with E-state index >= 15 is 0 Å². The molecule has 0 aliphatic rings. The molecule has 0 radical (unpaired) electrons. The molecule has 0 bridgehead atoms. The van der Waals surface area contributed by atoms with Crippen LogP contribution in [0.2, 0.25) is 0 Å². The molecule has 0 spiro atoms. The molecule has 2 N–H and O–H groups in total. The highest BCUT2D eigenvalue weighted by atomic mass is 16.5. The Morgan fingerprint density at radius 3 is 2.06 bits per heavy atom. The molecule has 0 aliphatic carbocycles. The molecule has 2 amide bonds. The summed E-state index contributed by atoms with van der Waals surface area (Å²) in [5.41, 5.74) is 1.28. The Hall–Kier alpha value is -4.06. The third-order valence-electron chi connectivity index (χ3n) is 4.31. The Bertz CT molecular complexity index is 1020. The van der Waals surface area contributed by atoms with E-state index in [1.165, 1.54) is 0 Å². The van der Waals surface area contributed by atoms with Crippen molar-refractivity contribution in [1.82, 2.24) is 5.32 Å². The summed E-state index contributed by atoms with van der Waals surface area (Å²) in [4.78, 5) is 24.9. The third kappa shape index (κ3) is 6.47. The normalized spacial score (nSPS) is 10.1. The summed E-state index contributed by atoms with van der Waals surface area (Å²) >= 11 is 0. The summed E-state index contributed by atoms with van der Waals surface area (Å²) < 4.78 is 11.2. The van der Waals surface area contributed by atoms with Crippen LogP contribution in [0.4, 0.5) is 5.69 Å². The van der Waals surface area contributed by atoms with E-state index in [1.807, 2.05) is 30.3 Å². The number of rotatable bonds is 10. The minimum Gasteiger partial charge on any atom is -0.490 e. The van der Waals surface area contributed by atoms with E-state index in [2.05, 4.69) is 17.2 Å². The van der Waals surface area contributed by atoms with Gasteiger partial charge in [-0.05, 0) is 48.5 Å². The summed E-state index contributed by atoms with van der Waals surface area (Å²) in [7, 11) is 0. The van der Waals surface area contributed by atoms with Gasteiger partial charge in [0.15, 0.2) is 0 Å². The van der Waals surface area contributed by atoms with E-state index in [0.717, 1.165) is 5.75 Å². The molecule has 31 heavy (non-hydrogen) atoms. The fourth-order valence-corrected chi connectivity index (χ4v) is 2.78. The molecular weight excluding hydrogens is 392 g/mol. The number of carbonyl (C=O) groups is 2. The van der Waals surface area contributed by atoms with Crippen LogP contribution < -0.4 is 20.1 Å². The van der Waals surface area contributed by atoms with Gasteiger partial charge < -0.3 is 20.1 Å². The van der Waals surface area contributed by atoms with Gasteiger partial charge in [-0.3, -0.25) is 9.59 Å². The lowest BCUT2D eigenvalue weighted by Crippen LogP contribution is -2.25. The maximum atomic E-state index is 12.6. The highest BCUT2D eigenvalue weighted by molar-refractivity contribution is 6.09. The maximum Gasteiger partial charge on any atom is 0.255 e. The Balaban J connectivity index is 1.53. The first-order valence-electron chi connectivity index (χ1n) is 9.87. The molecule has 0 saturated carbocycles. The lowest BCUT2D eigenvalue weighted by molar-refractivity contribution is 0.0959. The van der Waals surface area contributed by atoms with E-state index in [9.17, 15) is 9.59 Å². The van der Waals surface area contributed by atoms with Crippen molar-refractivity contribution in [3.05, 3.63) is 103 Å². The van der Waals surface area contributed by atoms with Gasteiger partial charge in [-0.25, -0.2) is 0 Å². The minimum absolute atomic E-state index is 0.280. The Morgan fingerprint density at radius 2 is 1.39 bits per heavy atom. The molecule has 0 aliphatic heterocycles. The molecule has 0 fully saturated rings. The molecule has 158 valence electrons. The van der Waals surface area contributed by atoms with Crippen LogP contribution >= 0.6 is 0 Å². The van der Waals surface area contributed by atoms with Crippen molar-refractivity contribution in [2.75, 3.05) is 25.1 Å². The molecule has 0 heterocycles. The average molecular weight is 416 g/mol. The van der Waals surface area contributed by atoms with E-state index in [0.29, 0.717) is 42.3 Å². The SMILES string of the molecule is C=CCNC(=O)c1ccccc1NC(=O)c1ccc(OCCOc2ccccc2)cc1. The highest BCUT2D eigenvalue weighted by Crippen LogP contribution is 2.18. The molecular formula is C25H24N2O4. The minimum atomic E-state index is -0.317. The predicted molar refractivity (Wildman–Crippen MR) is 121 cm³/mol. The van der Waals surface area contributed by atoms with Crippen molar-refractivity contribution in [1.29, 1.82) is 0 Å². The number of nitrogens with one attached hydrogen (secondary N) is 2. The number of ether oxygens (including phenoxy) is 2. The van der Waals surface area contributed by atoms with Gasteiger partial charge in [0, 0.05) is 12.1 Å². The van der Waals surface area contributed by atoms with Crippen molar-refractivity contribution in [3.63, 3.8) is 0 Å². The lowest BCUT2D eigenvalue weighted by atomic mass is 10.1. The molecule has 3 rings (SSSR count). The first kappa shape index (κ1) is 21.6. The largest absolute Gasteiger partial charge is 0.490 e. The average Bonchev–Trinajstić information content (AvgIpc) is 2.81. The number of benzene rings is 3. The number of carbonyl (C=O) groups excluding carboxylic acids is 2. The van der Waals surface area contributed by atoms with Gasteiger partial charge in [-0.2, -0.15) is 0 Å². The number of amides is 2. The van der Waals surface area contributed by atoms with Crippen LogP contribution in [-0.2, 0) is 0 Å². The first-order valence-corrected chi connectivity index (χ1v) is 9.87. The van der Waals surface area contributed by atoms with Gasteiger partial charge >= 0.3 is 0 Å². The van der Waals surface area contributed by atoms with Crippen molar-refractivity contribution in [2.24, 2.45) is 0 Å². The first-order chi connectivity index (χ1) is 15.2. The van der Waals surface area contributed by atoms with Crippen LogP contribution in [0.3, 0.4) is 0 Å². The smallest absolute Gasteiger partial charge is 0.255 e. The lowest BCUT2D eigenvalue weighted by Gasteiger charge is -2.11. The number of anilines is 1. The summed E-state index contributed by atoms with van der Waals surface area (Å²) in [5.74, 6) is 0.828. The molecule has 3 aromatic carbocycles. The van der Waals surface area contributed by atoms with Crippen molar-refractivity contribution in [2.45, 2.75) is 0 Å². The zero-order valence-electron chi connectivity index (χ0n) is 17.0. The van der Waals surface area contributed by atoms with Gasteiger partial charge in [0.1, 0.15) is 24.7 Å². The van der Waals surface area contributed by atoms with E-state index in [1.54, 1.807) is 54.6 Å². The summed E-state index contributed by atoms with van der Waals surface area (Å²) in [6.45, 7) is 4.72. The summed E-state index contributed by atoms with van der Waals surface area (Å²) in [5, 5.41) is 5.50. The summed E-state index contributed by atoms with van der Waals surface area (Å²) in [6, 6.07) is 23.1. The van der Waals surface area contributed by atoms with Crippen LogP contribution in [0.1, 0.15) is 20.7 Å². The molecule has 3 aromatic rings. The van der Waals surface area contributed by atoms with Gasteiger partial charge in [0.05, 0.1) is 11.3 Å². The van der Waals surface area contributed by atoms with Crippen LogP contribution in [-0.4, -0.2) is 31.6 Å². The van der Waals surface area contributed by atoms with Crippen LogP contribution in [0, 0.1) is 0 Å². The molecule has 0 atom stereocenters. The van der Waals surface area contributed by atoms with Crippen LogP contribution in [0.5, 0.6) is 11.5 Å². The fourth-order valence-electron chi connectivity index (χ4n) is 2.78. The topological polar surface area (TPSA) is 76.7 Å². The molecule has 0 unspecified atom stereocenters. The number of hydrogen-bond donors (Lipinski definition) is 2. The van der Waals surface area contributed by atoms with E-state index in [4.69, 9.17) is 9.47 Å². The molecule has 0 aromatic heterocycles. The van der Waals surface area contributed by atoms with Gasteiger partial charge in [0.2, 0.25) is 0 Å². The predicted octanol–water partition coefficient (Wildman–Crippen LogP) is 4.31. The van der Waals surface area contributed by atoms with Gasteiger partial charge in [-0.1, -0.05) is 36.4 Å². The highest BCUT2D eigenvalue weighted by Gasteiger charge is 2.13. The molecule has 6 heteroatoms. The summed E-state index contributed by atoms with van der Waals surface area (Å²) in [6.07, 6.45) is 1.59. The number of para-hydroxylation sites is 2. The maximum absolute atomic E-state index is 12.6. The quantitative estimate of drug-likeness (QED) is 0.381. The van der Waals surface area contributed by atoms with Gasteiger partial charge in [-0.15, -0.1) is 6.58 Å². The number of hydrogen-bond acceptors (Lipinski definition) is 4. The van der Waals surface area contributed by atoms with Crippen molar-refractivity contribution in [3.8, 4) is 11.5 Å². The Labute approximate surface area is 181 Å². The zero-order chi connectivity index (χ0) is 21.9. The van der Waals surface area contributed by atoms with Crippen LogP contribution in [0.15, 0.2) is 91.5 Å². The monoisotopic (exact) mass is 416 g/mol. The fraction of sp³-hybridized carbons (Fsp3) is 0.120. The second-order valence-electron chi connectivity index (χ2n) is 6.53. The molecule has 0 saturated heterocycles. The van der Waals surface area contributed by atoms with E-state index < -0.39 is 0 Å². The Morgan fingerprint density at radius 1 is 0.774 bits per heavy atom. The third-order valence-corrected chi connectivity index (χ3v) is 4.31. The second-order valence-corrected chi connectivity index (χ2v) is 6.53. The van der Waals surface area contributed by atoms with Crippen LogP contribution in [0.25, 0.3) is 0 Å². The molecule has 6 nitrogen and oxygen atoms in total. The standard InChI is InChI=1S/C25H24N2O4/c1-2-16-26-25(29)22-10-6-7-11-23(22)27-24(28)19-12-14-21(15-13-19)31-18-17-30-20-8-4-3-5-9-20/h2-15H,1,16-18H2,(H,26,29)(H,27,28). The Kier molecular flexibility index (Phi) is 7.83.